The Labute approximate surface area is 260 Å². The van der Waals surface area contributed by atoms with E-state index >= 15 is 0 Å². The molecule has 7 rings (SSSR count). The van der Waals surface area contributed by atoms with Gasteiger partial charge in [-0.3, -0.25) is 9.51 Å². The minimum Gasteiger partial charge on any atom is -0.491 e. The summed E-state index contributed by atoms with van der Waals surface area (Å²) < 4.78 is 24.4. The van der Waals surface area contributed by atoms with E-state index in [4.69, 9.17) is 45.3 Å². The Hall–Kier alpha value is -3.48. The highest BCUT2D eigenvalue weighted by Gasteiger charge is 2.39. The van der Waals surface area contributed by atoms with Crippen LogP contribution in [0.5, 0.6) is 5.75 Å². The molecule has 0 radical (unpaired) electrons. The molecule has 13 heteroatoms. The summed E-state index contributed by atoms with van der Waals surface area (Å²) >= 11 is 6.65. The van der Waals surface area contributed by atoms with Crippen molar-refractivity contribution in [2.24, 2.45) is 11.8 Å². The van der Waals surface area contributed by atoms with Gasteiger partial charge in [0.2, 0.25) is 17.6 Å². The number of hydrogen-bond donors (Lipinski definition) is 1. The van der Waals surface area contributed by atoms with Gasteiger partial charge < -0.3 is 23.7 Å². The molecular weight excluding hydrogens is 586 g/mol. The van der Waals surface area contributed by atoms with E-state index in [2.05, 4.69) is 26.5 Å². The molecule has 4 heterocycles. The van der Waals surface area contributed by atoms with Crippen LogP contribution in [0.3, 0.4) is 0 Å². The maximum absolute atomic E-state index is 11.9. The van der Waals surface area contributed by atoms with Crippen molar-refractivity contribution < 1.29 is 18.7 Å². The van der Waals surface area contributed by atoms with Gasteiger partial charge in [0.15, 0.2) is 5.65 Å². The Bertz CT molecular complexity index is 1680. The number of rotatable bonds is 9. The van der Waals surface area contributed by atoms with Crippen LogP contribution < -0.4 is 15.4 Å². The SMILES string of the molecule is COCCOc1cc(Cl)cc(-c2nc(-c3noc(=O)[nH]3)nc3nc(N4CCO[C@H]5CCC[C@@H]54)n(C[C@H]4CC[C@H](C)CC4)c23)c1. The van der Waals surface area contributed by atoms with E-state index in [0.717, 1.165) is 55.3 Å². The fourth-order valence-corrected chi connectivity index (χ4v) is 7.24. The molecule has 1 aliphatic heterocycles. The molecule has 2 atom stereocenters. The lowest BCUT2D eigenvalue weighted by Gasteiger charge is -2.39. The topological polar surface area (TPSA) is 133 Å². The second-order valence-corrected chi connectivity index (χ2v) is 12.7. The molecule has 0 bridgehead atoms. The number of aromatic nitrogens is 6. The largest absolute Gasteiger partial charge is 0.491 e. The summed E-state index contributed by atoms with van der Waals surface area (Å²) in [5.41, 5.74) is 2.72. The van der Waals surface area contributed by atoms with E-state index in [9.17, 15) is 4.79 Å². The number of nitrogens with one attached hydrogen (secondary N) is 1. The van der Waals surface area contributed by atoms with Crippen LogP contribution >= 0.6 is 11.6 Å². The minimum absolute atomic E-state index is 0.136. The Morgan fingerprint density at radius 3 is 2.73 bits per heavy atom. The van der Waals surface area contributed by atoms with Crippen LogP contribution in [0.15, 0.2) is 27.5 Å². The van der Waals surface area contributed by atoms with Crippen molar-refractivity contribution in [2.75, 3.05) is 38.4 Å². The van der Waals surface area contributed by atoms with Gasteiger partial charge in [0.25, 0.3) is 0 Å². The van der Waals surface area contributed by atoms with Gasteiger partial charge in [0.05, 0.1) is 25.4 Å². The Morgan fingerprint density at radius 2 is 1.93 bits per heavy atom. The van der Waals surface area contributed by atoms with Gasteiger partial charge in [-0.25, -0.2) is 14.8 Å². The fraction of sp³-hybridized carbons (Fsp3) is 0.581. The second kappa shape index (κ2) is 12.5. The zero-order valence-corrected chi connectivity index (χ0v) is 25.9. The molecule has 1 saturated heterocycles. The molecule has 1 N–H and O–H groups in total. The molecule has 2 saturated carbocycles. The van der Waals surface area contributed by atoms with E-state index in [1.165, 1.54) is 25.7 Å². The van der Waals surface area contributed by atoms with Gasteiger partial charge in [-0.1, -0.05) is 36.5 Å². The molecule has 2 aliphatic carbocycles. The predicted octanol–water partition coefficient (Wildman–Crippen LogP) is 5.10. The van der Waals surface area contributed by atoms with E-state index in [0.29, 0.717) is 47.9 Å². The molecule has 0 amide bonds. The van der Waals surface area contributed by atoms with Gasteiger partial charge in [-0.15, -0.1) is 0 Å². The molecule has 4 aromatic rings. The van der Waals surface area contributed by atoms with Gasteiger partial charge in [-0.05, 0) is 62.1 Å². The van der Waals surface area contributed by atoms with Crippen LogP contribution in [-0.4, -0.2) is 75.3 Å². The Balaban J connectivity index is 1.42. The number of imidazole rings is 1. The van der Waals surface area contributed by atoms with E-state index in [-0.39, 0.29) is 23.8 Å². The predicted molar refractivity (Wildman–Crippen MR) is 165 cm³/mol. The molecule has 0 unspecified atom stereocenters. The third-order valence-electron chi connectivity index (χ3n) is 9.25. The number of halogens is 1. The molecular formula is C31H38ClN7O5. The highest BCUT2D eigenvalue weighted by atomic mass is 35.5. The van der Waals surface area contributed by atoms with Crippen molar-refractivity contribution >= 4 is 28.7 Å². The van der Waals surface area contributed by atoms with Crippen molar-refractivity contribution in [3.8, 4) is 28.7 Å². The number of anilines is 1. The molecule has 3 fully saturated rings. The molecule has 0 spiro atoms. The number of morpholine rings is 1. The summed E-state index contributed by atoms with van der Waals surface area (Å²) in [4.78, 5) is 31.9. The van der Waals surface area contributed by atoms with Crippen molar-refractivity contribution in [1.82, 2.24) is 29.7 Å². The zero-order chi connectivity index (χ0) is 30.2. The van der Waals surface area contributed by atoms with Gasteiger partial charge in [0.1, 0.15) is 23.6 Å². The maximum atomic E-state index is 11.9. The first-order valence-corrected chi connectivity index (χ1v) is 16.0. The summed E-state index contributed by atoms with van der Waals surface area (Å²) in [6, 6.07) is 5.82. The van der Waals surface area contributed by atoms with E-state index in [1.54, 1.807) is 13.2 Å². The zero-order valence-electron chi connectivity index (χ0n) is 25.1. The van der Waals surface area contributed by atoms with Crippen molar-refractivity contribution in [3.05, 3.63) is 33.8 Å². The fourth-order valence-electron chi connectivity index (χ4n) is 7.02. The summed E-state index contributed by atoms with van der Waals surface area (Å²) in [6.45, 7) is 5.39. The summed E-state index contributed by atoms with van der Waals surface area (Å²) in [7, 11) is 1.63. The van der Waals surface area contributed by atoms with Crippen molar-refractivity contribution in [2.45, 2.75) is 70.6 Å². The average molecular weight is 624 g/mol. The normalized spacial score (nSPS) is 23.8. The number of methoxy groups -OCH3 is 1. The first-order chi connectivity index (χ1) is 21.5. The molecule has 44 heavy (non-hydrogen) atoms. The average Bonchev–Trinajstić information content (AvgIpc) is 3.76. The highest BCUT2D eigenvalue weighted by molar-refractivity contribution is 6.31. The summed E-state index contributed by atoms with van der Waals surface area (Å²) in [5.74, 6) is 2.41. The molecule has 234 valence electrons. The lowest BCUT2D eigenvalue weighted by molar-refractivity contribution is 0.0247. The minimum atomic E-state index is -0.680. The van der Waals surface area contributed by atoms with Crippen LogP contribution in [-0.2, 0) is 16.0 Å². The molecule has 3 aliphatic rings. The number of nitrogens with zero attached hydrogens (tertiary/aromatic N) is 6. The van der Waals surface area contributed by atoms with Gasteiger partial charge in [-0.2, -0.15) is 4.98 Å². The molecule has 1 aromatic carbocycles. The maximum Gasteiger partial charge on any atom is 0.439 e. The highest BCUT2D eigenvalue weighted by Crippen LogP contribution is 2.40. The number of fused-ring (bicyclic) bond motifs is 2. The van der Waals surface area contributed by atoms with E-state index < -0.39 is 5.76 Å². The Morgan fingerprint density at radius 1 is 1.07 bits per heavy atom. The number of hydrogen-bond acceptors (Lipinski definition) is 10. The van der Waals surface area contributed by atoms with Gasteiger partial charge in [0, 0.05) is 30.8 Å². The third kappa shape index (κ3) is 5.82. The van der Waals surface area contributed by atoms with Crippen molar-refractivity contribution in [3.63, 3.8) is 0 Å². The second-order valence-electron chi connectivity index (χ2n) is 12.3. The van der Waals surface area contributed by atoms with Crippen LogP contribution in [0.25, 0.3) is 34.1 Å². The lowest BCUT2D eigenvalue weighted by Crippen LogP contribution is -2.49. The lowest BCUT2D eigenvalue weighted by atomic mass is 9.83. The third-order valence-corrected chi connectivity index (χ3v) is 9.47. The quantitative estimate of drug-likeness (QED) is 0.251. The van der Waals surface area contributed by atoms with Crippen LogP contribution in [0, 0.1) is 11.8 Å². The van der Waals surface area contributed by atoms with Crippen LogP contribution in [0.4, 0.5) is 5.95 Å². The smallest absolute Gasteiger partial charge is 0.439 e. The number of benzene rings is 1. The summed E-state index contributed by atoms with van der Waals surface area (Å²) in [5, 5.41) is 4.39. The first kappa shape index (κ1) is 29.2. The number of aromatic amines is 1. The molecule has 3 aromatic heterocycles. The van der Waals surface area contributed by atoms with Crippen LogP contribution in [0.2, 0.25) is 5.02 Å². The number of H-pyrrole nitrogens is 1. The van der Waals surface area contributed by atoms with Crippen LogP contribution in [0.1, 0.15) is 51.9 Å². The molecule has 12 nitrogen and oxygen atoms in total. The van der Waals surface area contributed by atoms with E-state index in [1.807, 2.05) is 12.1 Å². The standard InChI is InChI=1S/C31H38ClN7O5/c1-18-6-8-19(9-7-18)17-39-26-25(20-14-21(32)16-22(15-20)42-13-12-41-2)33-28(29-36-31(40)44-37-29)34-27(26)35-30(39)38-10-11-43-24-5-3-4-23(24)38/h14-16,18-19,23-24H,3-13,17H2,1-2H3,(H,36,37,40)/t18-,19-,23-,24-/m0/s1. The summed E-state index contributed by atoms with van der Waals surface area (Å²) in [6.07, 6.45) is 8.23. The number of ether oxygens (including phenoxy) is 3. The Kier molecular flexibility index (Phi) is 8.30. The first-order valence-electron chi connectivity index (χ1n) is 15.6. The van der Waals surface area contributed by atoms with Gasteiger partial charge >= 0.3 is 5.76 Å². The monoisotopic (exact) mass is 623 g/mol. The van der Waals surface area contributed by atoms with Crippen molar-refractivity contribution in [1.29, 1.82) is 0 Å².